The second kappa shape index (κ2) is 12.4. The van der Waals surface area contributed by atoms with E-state index < -0.39 is 30.2 Å². The molecular weight excluding hydrogens is 588 g/mol. The topological polar surface area (TPSA) is 174 Å². The molecule has 1 aliphatic heterocycles. The van der Waals surface area contributed by atoms with Gasteiger partial charge >= 0.3 is 0 Å². The van der Waals surface area contributed by atoms with Crippen LogP contribution in [0.15, 0.2) is 70.2 Å². The number of anilines is 1. The van der Waals surface area contributed by atoms with Crippen molar-refractivity contribution in [2.24, 2.45) is 0 Å². The first kappa shape index (κ1) is 33.0. The fourth-order valence-electron chi connectivity index (χ4n) is 4.94. The third kappa shape index (κ3) is 6.50. The van der Waals surface area contributed by atoms with Gasteiger partial charge in [0, 0.05) is 43.0 Å². The maximum Gasteiger partial charge on any atom is 0.189 e. The fourth-order valence-corrected chi connectivity index (χ4v) is 6.67. The summed E-state index contributed by atoms with van der Waals surface area (Å²) in [6, 6.07) is 15.1. The monoisotopic (exact) mass is 615 g/mol. The fraction of sp³-hybridized carbons (Fsp3) is 0.321. The van der Waals surface area contributed by atoms with Crippen molar-refractivity contribution in [3.05, 3.63) is 66.4 Å². The van der Waals surface area contributed by atoms with Gasteiger partial charge in [0.15, 0.2) is 27.1 Å². The maximum absolute atomic E-state index is 13.3. The zero-order chi connectivity index (χ0) is 32.6. The number of ether oxygens (including phenoxy) is 1. The summed E-state index contributed by atoms with van der Waals surface area (Å²) in [5.74, 6) is 0.350. The standard InChI is InChI=1S/C28H26B5N5O6S/c29-26(27(30,31)39,28(32,33)40)45(41,42)20-7-5-18(6-8-20)22-15-36-25(34)24(37-22)23-13-21(38-44-23)17-3-1-16(2-4-17)14-35-19-9-11-43-12-10-19/h1-8,13,15,19,35,39-40H,9-12,14H2,(H2,34,36). The van der Waals surface area contributed by atoms with E-state index in [1.165, 1.54) is 18.3 Å². The second-order valence-corrected chi connectivity index (χ2v) is 13.1. The van der Waals surface area contributed by atoms with Crippen LogP contribution in [0.25, 0.3) is 34.0 Å². The van der Waals surface area contributed by atoms with Crippen molar-refractivity contribution in [1.29, 1.82) is 0 Å². The van der Waals surface area contributed by atoms with E-state index in [0.717, 1.165) is 55.9 Å². The molecule has 1 fully saturated rings. The summed E-state index contributed by atoms with van der Waals surface area (Å²) >= 11 is 0. The summed E-state index contributed by atoms with van der Waals surface area (Å²) < 4.78 is 34.2. The van der Waals surface area contributed by atoms with Gasteiger partial charge in [0.25, 0.3) is 0 Å². The summed E-state index contributed by atoms with van der Waals surface area (Å²) in [7, 11) is 22.3. The van der Waals surface area contributed by atoms with Crippen LogP contribution in [0.3, 0.4) is 0 Å². The molecule has 11 nitrogen and oxygen atoms in total. The highest BCUT2D eigenvalue weighted by atomic mass is 32.2. The number of aliphatic hydroxyl groups is 2. The van der Waals surface area contributed by atoms with Crippen LogP contribution in [0.1, 0.15) is 18.4 Å². The van der Waals surface area contributed by atoms with Crippen LogP contribution in [-0.4, -0.2) is 108 Å². The van der Waals surface area contributed by atoms with E-state index >= 15 is 0 Å². The summed E-state index contributed by atoms with van der Waals surface area (Å²) in [6.45, 7) is 2.31. The van der Waals surface area contributed by atoms with E-state index in [9.17, 15) is 18.6 Å². The van der Waals surface area contributed by atoms with Crippen molar-refractivity contribution < 1.29 is 27.9 Å². The van der Waals surface area contributed by atoms with E-state index in [2.05, 4.69) is 20.4 Å². The van der Waals surface area contributed by atoms with E-state index in [-0.39, 0.29) is 17.3 Å². The first-order chi connectivity index (χ1) is 21.1. The number of aromatic nitrogens is 3. The van der Waals surface area contributed by atoms with Crippen molar-refractivity contribution in [2.45, 2.75) is 45.8 Å². The zero-order valence-electron chi connectivity index (χ0n) is 24.1. The van der Waals surface area contributed by atoms with E-state index in [0.29, 0.717) is 23.0 Å². The Balaban J connectivity index is 1.35. The molecule has 0 saturated carbocycles. The van der Waals surface area contributed by atoms with Gasteiger partial charge in [-0.3, -0.25) is 0 Å². The van der Waals surface area contributed by atoms with Crippen molar-refractivity contribution in [2.75, 3.05) is 18.9 Å². The van der Waals surface area contributed by atoms with E-state index in [1.807, 2.05) is 24.3 Å². The molecule has 0 amide bonds. The molecule has 3 heterocycles. The molecule has 220 valence electrons. The van der Waals surface area contributed by atoms with Crippen molar-refractivity contribution in [3.8, 4) is 34.0 Å². The van der Waals surface area contributed by atoms with Crippen LogP contribution in [0, 0.1) is 0 Å². The molecule has 45 heavy (non-hydrogen) atoms. The molecule has 0 unspecified atom stereocenters. The predicted octanol–water partition coefficient (Wildman–Crippen LogP) is -0.0789. The summed E-state index contributed by atoms with van der Waals surface area (Å²) in [5.41, 5.74) is 9.59. The Labute approximate surface area is 267 Å². The molecule has 2 aromatic heterocycles. The second-order valence-electron chi connectivity index (χ2n) is 10.9. The average Bonchev–Trinajstić information content (AvgIpc) is 3.50. The minimum Gasteiger partial charge on any atom is -0.408 e. The highest BCUT2D eigenvalue weighted by molar-refractivity contribution is 7.94. The first-order valence-corrected chi connectivity index (χ1v) is 15.3. The van der Waals surface area contributed by atoms with Gasteiger partial charge in [0.05, 0.1) is 21.4 Å². The highest BCUT2D eigenvalue weighted by Gasteiger charge is 2.57. The summed E-state index contributed by atoms with van der Waals surface area (Å²) in [4.78, 5) is 8.26. The molecule has 10 radical (unpaired) electrons. The van der Waals surface area contributed by atoms with Gasteiger partial charge in [-0.1, -0.05) is 41.6 Å². The van der Waals surface area contributed by atoms with Gasteiger partial charge in [-0.15, -0.1) is 0 Å². The minimum absolute atomic E-state index is 0.0819. The Morgan fingerprint density at radius 1 is 0.911 bits per heavy atom. The Morgan fingerprint density at radius 2 is 1.49 bits per heavy atom. The molecule has 4 aromatic rings. The van der Waals surface area contributed by atoms with Gasteiger partial charge in [-0.05, 0) is 41.3 Å². The largest absolute Gasteiger partial charge is 0.408 e. The number of benzene rings is 2. The number of hydrogen-bond acceptors (Lipinski definition) is 11. The Bertz CT molecular complexity index is 1740. The lowest BCUT2D eigenvalue weighted by atomic mass is 9.39. The molecule has 0 bridgehead atoms. The lowest BCUT2D eigenvalue weighted by Gasteiger charge is -2.50. The number of nitrogens with two attached hydrogens (primary N) is 1. The number of hydrogen-bond donors (Lipinski definition) is 4. The van der Waals surface area contributed by atoms with E-state index in [4.69, 9.17) is 54.2 Å². The molecule has 1 saturated heterocycles. The lowest BCUT2D eigenvalue weighted by molar-refractivity contribution is 0.0776. The van der Waals surface area contributed by atoms with Crippen LogP contribution in [-0.2, 0) is 21.1 Å². The lowest BCUT2D eigenvalue weighted by Crippen LogP contribution is -2.73. The molecule has 2 aromatic carbocycles. The highest BCUT2D eigenvalue weighted by Crippen LogP contribution is 2.37. The van der Waals surface area contributed by atoms with Crippen molar-refractivity contribution in [1.82, 2.24) is 20.4 Å². The normalized spacial score (nSPS) is 15.2. The minimum atomic E-state index is -4.92. The molecule has 0 atom stereocenters. The van der Waals surface area contributed by atoms with Crippen LogP contribution in [0.5, 0.6) is 0 Å². The molecule has 0 spiro atoms. The van der Waals surface area contributed by atoms with Crippen LogP contribution < -0.4 is 11.1 Å². The number of nitrogens with one attached hydrogen (secondary N) is 1. The van der Waals surface area contributed by atoms with Crippen LogP contribution >= 0.6 is 0 Å². The number of nitrogen functional groups attached to an aromatic ring is 1. The van der Waals surface area contributed by atoms with Crippen LogP contribution in [0.2, 0.25) is 0 Å². The van der Waals surface area contributed by atoms with Crippen molar-refractivity contribution >= 4 is 54.9 Å². The number of rotatable bonds is 10. The van der Waals surface area contributed by atoms with Gasteiger partial charge in [0.2, 0.25) is 0 Å². The molecule has 1 aliphatic rings. The molecule has 5 rings (SSSR count). The third-order valence-corrected chi connectivity index (χ3v) is 10.1. The summed E-state index contributed by atoms with van der Waals surface area (Å²) in [5, 5.41) is 21.5. The Morgan fingerprint density at radius 3 is 2.09 bits per heavy atom. The van der Waals surface area contributed by atoms with Gasteiger partial charge < -0.3 is 30.5 Å². The van der Waals surface area contributed by atoms with Crippen LogP contribution in [0.4, 0.5) is 5.82 Å². The number of sulfone groups is 1. The first-order valence-electron chi connectivity index (χ1n) is 13.9. The van der Waals surface area contributed by atoms with E-state index in [1.54, 1.807) is 6.07 Å². The summed E-state index contributed by atoms with van der Waals surface area (Å²) in [6.07, 6.45) is 3.38. The predicted molar refractivity (Wildman–Crippen MR) is 172 cm³/mol. The van der Waals surface area contributed by atoms with Gasteiger partial charge in [-0.25, -0.2) is 18.4 Å². The molecule has 5 N–H and O–H groups in total. The smallest absolute Gasteiger partial charge is 0.189 e. The quantitative estimate of drug-likeness (QED) is 0.176. The average molecular weight is 615 g/mol. The third-order valence-electron chi connectivity index (χ3n) is 7.68. The SMILES string of the molecule is [B]C([B])(O)C([B])(C([B])([B])O)S(=O)(=O)c1ccc(-c2cnc(N)c(-c3cc(-c4ccc(CNC5CCOCC5)cc4)no3)n2)cc1. The molecular formula is C28H26B5N5O6S. The molecule has 17 heteroatoms. The van der Waals surface area contributed by atoms with Gasteiger partial charge in [0.1, 0.15) is 44.9 Å². The van der Waals surface area contributed by atoms with Crippen molar-refractivity contribution in [3.63, 3.8) is 0 Å². The Kier molecular flexibility index (Phi) is 9.13. The maximum atomic E-state index is 13.3. The Hall–Kier alpha value is -3.36. The van der Waals surface area contributed by atoms with Gasteiger partial charge in [-0.2, -0.15) is 0 Å². The number of nitrogens with zero attached hydrogens (tertiary/aromatic N) is 3. The molecule has 0 aliphatic carbocycles. The zero-order valence-corrected chi connectivity index (χ0v) is 24.9.